The molecule has 1 aliphatic rings. The number of aryl methyl sites for hydroxylation is 1. The molecule has 4 nitrogen and oxygen atoms in total. The molecule has 0 spiro atoms. The molecule has 23 heavy (non-hydrogen) atoms. The standard InChI is InChI=1S/C18H22ClN3O/c1-13-12-17(18(23)20-21-10-4-3-5-11-21)14(2)22(13)16-8-6-15(19)7-9-16/h6-9,12H,3-5,10-11H2,1-2H3,(H,20,23). The van der Waals surface area contributed by atoms with Gasteiger partial charge in [-0.3, -0.25) is 10.2 Å². The molecule has 1 aliphatic heterocycles. The van der Waals surface area contributed by atoms with Gasteiger partial charge in [-0.1, -0.05) is 18.0 Å². The summed E-state index contributed by atoms with van der Waals surface area (Å²) in [6.45, 7) is 5.86. The first kappa shape index (κ1) is 16.1. The second-order valence-electron chi connectivity index (χ2n) is 6.09. The van der Waals surface area contributed by atoms with Crippen molar-refractivity contribution in [3.63, 3.8) is 0 Å². The van der Waals surface area contributed by atoms with Crippen molar-refractivity contribution in [1.29, 1.82) is 0 Å². The predicted octanol–water partition coefficient (Wildman–Crippen LogP) is 3.88. The van der Waals surface area contributed by atoms with Crippen molar-refractivity contribution < 1.29 is 4.79 Å². The zero-order valence-electron chi connectivity index (χ0n) is 13.6. The second kappa shape index (κ2) is 6.77. The minimum absolute atomic E-state index is 0.0276. The largest absolute Gasteiger partial charge is 0.318 e. The molecule has 0 saturated carbocycles. The van der Waals surface area contributed by atoms with Crippen molar-refractivity contribution in [3.8, 4) is 5.69 Å². The minimum Gasteiger partial charge on any atom is -0.318 e. The van der Waals surface area contributed by atoms with Crippen LogP contribution in [-0.2, 0) is 0 Å². The number of hydrogen-bond donors (Lipinski definition) is 1. The summed E-state index contributed by atoms with van der Waals surface area (Å²) in [7, 11) is 0. The molecule has 0 radical (unpaired) electrons. The summed E-state index contributed by atoms with van der Waals surface area (Å²) in [5.41, 5.74) is 6.76. The van der Waals surface area contributed by atoms with Crippen molar-refractivity contribution in [2.24, 2.45) is 0 Å². The first-order chi connectivity index (χ1) is 11.1. The zero-order chi connectivity index (χ0) is 16.4. The Bertz CT molecular complexity index is 700. The number of halogens is 1. The number of nitrogens with one attached hydrogen (secondary N) is 1. The summed E-state index contributed by atoms with van der Waals surface area (Å²) >= 11 is 5.96. The number of rotatable bonds is 3. The van der Waals surface area contributed by atoms with Crippen molar-refractivity contribution in [2.45, 2.75) is 33.1 Å². The van der Waals surface area contributed by atoms with E-state index in [1.165, 1.54) is 6.42 Å². The van der Waals surface area contributed by atoms with Crippen molar-refractivity contribution >= 4 is 17.5 Å². The summed E-state index contributed by atoms with van der Waals surface area (Å²) < 4.78 is 2.08. The zero-order valence-corrected chi connectivity index (χ0v) is 14.4. The van der Waals surface area contributed by atoms with Crippen molar-refractivity contribution in [3.05, 3.63) is 52.3 Å². The van der Waals surface area contributed by atoms with Gasteiger partial charge in [-0.25, -0.2) is 5.01 Å². The second-order valence-corrected chi connectivity index (χ2v) is 6.52. The molecule has 0 aliphatic carbocycles. The quantitative estimate of drug-likeness (QED) is 0.926. The fourth-order valence-electron chi connectivity index (χ4n) is 3.19. The first-order valence-electron chi connectivity index (χ1n) is 8.07. The van der Waals surface area contributed by atoms with E-state index in [2.05, 4.69) is 9.99 Å². The molecule has 0 atom stereocenters. The Balaban J connectivity index is 1.85. The fourth-order valence-corrected chi connectivity index (χ4v) is 3.32. The number of amides is 1. The SMILES string of the molecule is Cc1cc(C(=O)NN2CCCCC2)c(C)n1-c1ccc(Cl)cc1. The number of benzene rings is 1. The molecule has 1 fully saturated rings. The van der Waals surface area contributed by atoms with E-state index < -0.39 is 0 Å². The lowest BCUT2D eigenvalue weighted by Crippen LogP contribution is -2.45. The average Bonchev–Trinajstić information content (AvgIpc) is 2.84. The Morgan fingerprint density at radius 2 is 1.74 bits per heavy atom. The Morgan fingerprint density at radius 3 is 2.39 bits per heavy atom. The van der Waals surface area contributed by atoms with E-state index in [1.807, 2.05) is 49.2 Å². The maximum absolute atomic E-state index is 12.6. The molecule has 0 unspecified atom stereocenters. The van der Waals surface area contributed by atoms with E-state index in [4.69, 9.17) is 11.6 Å². The van der Waals surface area contributed by atoms with Gasteiger partial charge in [0.2, 0.25) is 0 Å². The highest BCUT2D eigenvalue weighted by molar-refractivity contribution is 6.30. The van der Waals surface area contributed by atoms with Gasteiger partial charge in [0.1, 0.15) is 0 Å². The summed E-state index contributed by atoms with van der Waals surface area (Å²) in [6, 6.07) is 9.61. The number of carbonyl (C=O) groups excluding carboxylic acids is 1. The van der Waals surface area contributed by atoms with Crippen LogP contribution in [0.15, 0.2) is 30.3 Å². The smallest absolute Gasteiger partial charge is 0.267 e. The fraction of sp³-hybridized carbons (Fsp3) is 0.389. The number of carbonyl (C=O) groups is 1. The van der Waals surface area contributed by atoms with E-state index in [0.29, 0.717) is 5.02 Å². The van der Waals surface area contributed by atoms with Gasteiger partial charge in [0.25, 0.3) is 5.91 Å². The van der Waals surface area contributed by atoms with Gasteiger partial charge in [-0.15, -0.1) is 0 Å². The summed E-state index contributed by atoms with van der Waals surface area (Å²) in [5, 5.41) is 2.74. The highest BCUT2D eigenvalue weighted by Crippen LogP contribution is 2.22. The number of piperidine rings is 1. The minimum atomic E-state index is -0.0276. The summed E-state index contributed by atoms with van der Waals surface area (Å²) in [5.74, 6) is -0.0276. The Kier molecular flexibility index (Phi) is 4.74. The van der Waals surface area contributed by atoms with Crippen LogP contribution in [0.2, 0.25) is 5.02 Å². The molecule has 2 heterocycles. The van der Waals surface area contributed by atoms with Gasteiger partial charge < -0.3 is 4.57 Å². The summed E-state index contributed by atoms with van der Waals surface area (Å²) in [6.07, 6.45) is 3.53. The van der Waals surface area contributed by atoms with Crippen LogP contribution in [0.1, 0.15) is 41.0 Å². The third-order valence-electron chi connectivity index (χ3n) is 4.38. The Labute approximate surface area is 142 Å². The van der Waals surface area contributed by atoms with Gasteiger partial charge in [-0.2, -0.15) is 0 Å². The summed E-state index contributed by atoms with van der Waals surface area (Å²) in [4.78, 5) is 12.6. The van der Waals surface area contributed by atoms with Crippen LogP contribution in [0, 0.1) is 13.8 Å². The van der Waals surface area contributed by atoms with Crippen LogP contribution in [0.25, 0.3) is 5.69 Å². The molecule has 1 aromatic heterocycles. The van der Waals surface area contributed by atoms with Gasteiger partial charge in [0, 0.05) is 35.2 Å². The molecule has 5 heteroatoms. The number of hydrazine groups is 1. The average molecular weight is 332 g/mol. The maximum Gasteiger partial charge on any atom is 0.267 e. The highest BCUT2D eigenvalue weighted by Gasteiger charge is 2.19. The topological polar surface area (TPSA) is 37.3 Å². The van der Waals surface area contributed by atoms with Crippen LogP contribution >= 0.6 is 11.6 Å². The molecule has 0 bridgehead atoms. The third kappa shape index (κ3) is 3.43. The lowest BCUT2D eigenvalue weighted by Gasteiger charge is -2.26. The van der Waals surface area contributed by atoms with Gasteiger partial charge >= 0.3 is 0 Å². The van der Waals surface area contributed by atoms with Crippen LogP contribution in [-0.4, -0.2) is 28.6 Å². The van der Waals surface area contributed by atoms with E-state index in [0.717, 1.165) is 48.6 Å². The number of hydrogen-bond acceptors (Lipinski definition) is 2. The normalized spacial score (nSPS) is 15.6. The lowest BCUT2D eigenvalue weighted by molar-refractivity contribution is 0.0749. The molecule has 1 amide bonds. The maximum atomic E-state index is 12.6. The molecule has 122 valence electrons. The first-order valence-corrected chi connectivity index (χ1v) is 8.45. The number of aromatic nitrogens is 1. The van der Waals surface area contributed by atoms with Crippen LogP contribution in [0.5, 0.6) is 0 Å². The molecule has 1 saturated heterocycles. The van der Waals surface area contributed by atoms with Gasteiger partial charge in [-0.05, 0) is 57.0 Å². The molecule has 3 rings (SSSR count). The van der Waals surface area contributed by atoms with Crippen molar-refractivity contribution in [1.82, 2.24) is 15.0 Å². The van der Waals surface area contributed by atoms with Crippen molar-refractivity contribution in [2.75, 3.05) is 13.1 Å². The molecular formula is C18H22ClN3O. The van der Waals surface area contributed by atoms with Crippen LogP contribution in [0.4, 0.5) is 0 Å². The molecular weight excluding hydrogens is 310 g/mol. The predicted molar refractivity (Wildman–Crippen MR) is 93.1 cm³/mol. The monoisotopic (exact) mass is 331 g/mol. The number of nitrogens with zero attached hydrogens (tertiary/aromatic N) is 2. The highest BCUT2D eigenvalue weighted by atomic mass is 35.5. The molecule has 2 aromatic rings. The molecule has 1 N–H and O–H groups in total. The van der Waals surface area contributed by atoms with Gasteiger partial charge in [0.15, 0.2) is 0 Å². The lowest BCUT2D eigenvalue weighted by atomic mass is 10.2. The van der Waals surface area contributed by atoms with Crippen LogP contribution < -0.4 is 5.43 Å². The molecule has 1 aromatic carbocycles. The Hall–Kier alpha value is -1.78. The van der Waals surface area contributed by atoms with E-state index >= 15 is 0 Å². The van der Waals surface area contributed by atoms with E-state index in [-0.39, 0.29) is 5.91 Å². The van der Waals surface area contributed by atoms with Crippen LogP contribution in [0.3, 0.4) is 0 Å². The van der Waals surface area contributed by atoms with E-state index in [1.54, 1.807) is 0 Å². The Morgan fingerprint density at radius 1 is 1.09 bits per heavy atom. The third-order valence-corrected chi connectivity index (χ3v) is 4.63. The van der Waals surface area contributed by atoms with E-state index in [9.17, 15) is 4.79 Å². The van der Waals surface area contributed by atoms with Gasteiger partial charge in [0.05, 0.1) is 5.56 Å².